The molecule has 130 valence electrons. The topological polar surface area (TPSA) is 48.3 Å². The highest BCUT2D eigenvalue weighted by atomic mass is 79.9. The van der Waals surface area contributed by atoms with E-state index in [9.17, 15) is 8.94 Å². The van der Waals surface area contributed by atoms with Crippen LogP contribution in [0.5, 0.6) is 0 Å². The van der Waals surface area contributed by atoms with Crippen LogP contribution in [-0.4, -0.2) is 35.7 Å². The monoisotopic (exact) mass is 424 g/mol. The number of hydrogen-bond donors (Lipinski definition) is 0. The van der Waals surface area contributed by atoms with E-state index in [1.54, 1.807) is 13.0 Å². The lowest BCUT2D eigenvalue weighted by atomic mass is 10.2. The molecule has 3 nitrogen and oxygen atoms in total. The fourth-order valence-electron chi connectivity index (χ4n) is 2.72. The van der Waals surface area contributed by atoms with Gasteiger partial charge in [-0.1, -0.05) is 43.3 Å². The van der Waals surface area contributed by atoms with Crippen LogP contribution in [0.25, 0.3) is 0 Å². The lowest BCUT2D eigenvalue weighted by Gasteiger charge is -2.29. The Morgan fingerprint density at radius 1 is 1.30 bits per heavy atom. The van der Waals surface area contributed by atoms with Crippen molar-refractivity contribution in [1.29, 1.82) is 0 Å². The van der Waals surface area contributed by atoms with Crippen LogP contribution in [-0.2, 0) is 11.4 Å². The first kappa shape index (κ1) is 20.7. The van der Waals surface area contributed by atoms with Gasteiger partial charge in [0.15, 0.2) is 5.71 Å². The zero-order chi connectivity index (χ0) is 17.6. The molecule has 0 unspecified atom stereocenters. The average molecular weight is 425 g/mol. The predicted octanol–water partition coefficient (Wildman–Crippen LogP) is 4.14. The first-order valence-electron chi connectivity index (χ1n) is 7.77. The number of aromatic nitrogens is 1. The minimum absolute atomic E-state index is 0.120. The molecule has 1 aromatic heterocycles. The molecule has 0 aliphatic carbocycles. The molecule has 0 amide bonds. The van der Waals surface area contributed by atoms with Gasteiger partial charge in [0, 0.05) is 0 Å². The van der Waals surface area contributed by atoms with Gasteiger partial charge in [-0.2, -0.15) is 0 Å². The fraction of sp³-hybridized carbons (Fsp3) is 0.600. The van der Waals surface area contributed by atoms with Crippen molar-refractivity contribution in [3.8, 4) is 0 Å². The third-order valence-corrected chi connectivity index (χ3v) is 11.3. The van der Waals surface area contributed by atoms with Crippen molar-refractivity contribution in [2.75, 3.05) is 12.4 Å². The molecular formula is C15H23BrF2N2OSSi. The smallest absolute Gasteiger partial charge is 0.151 e. The van der Waals surface area contributed by atoms with Crippen molar-refractivity contribution < 1.29 is 13.3 Å². The predicted molar refractivity (Wildman–Crippen MR) is 99.9 cm³/mol. The second-order valence-corrected chi connectivity index (χ2v) is 12.7. The van der Waals surface area contributed by atoms with E-state index < -0.39 is 31.9 Å². The van der Waals surface area contributed by atoms with E-state index >= 15 is 4.39 Å². The molecule has 0 aliphatic heterocycles. The van der Waals surface area contributed by atoms with E-state index in [0.29, 0.717) is 9.79 Å². The van der Waals surface area contributed by atoms with Gasteiger partial charge in [-0.05, 0) is 34.1 Å². The summed E-state index contributed by atoms with van der Waals surface area (Å²) in [5, 5.41) is 0.644. The van der Waals surface area contributed by atoms with Crippen LogP contribution in [0.15, 0.2) is 15.1 Å². The molecule has 1 heterocycles. The Morgan fingerprint density at radius 2 is 1.87 bits per heavy atom. The van der Waals surface area contributed by atoms with E-state index in [-0.39, 0.29) is 17.2 Å². The van der Waals surface area contributed by atoms with Crippen molar-refractivity contribution in [1.82, 2.24) is 4.98 Å². The number of nitrogens with zero attached hydrogens (tertiary/aromatic N) is 2. The number of pyridine rings is 1. The van der Waals surface area contributed by atoms with Crippen LogP contribution in [0.3, 0.4) is 0 Å². The van der Waals surface area contributed by atoms with E-state index in [1.165, 1.54) is 0 Å². The van der Waals surface area contributed by atoms with E-state index in [2.05, 4.69) is 46.1 Å². The van der Waals surface area contributed by atoms with Crippen LogP contribution >= 0.6 is 15.9 Å². The Balaban J connectivity index is 3.56. The lowest BCUT2D eigenvalue weighted by molar-refractivity contribution is 0.572. The highest BCUT2D eigenvalue weighted by Gasteiger charge is 2.34. The van der Waals surface area contributed by atoms with Crippen molar-refractivity contribution in [3.05, 3.63) is 22.2 Å². The van der Waals surface area contributed by atoms with Gasteiger partial charge >= 0.3 is 0 Å². The highest BCUT2D eigenvalue weighted by Crippen LogP contribution is 2.24. The third-order valence-electron chi connectivity index (χ3n) is 4.39. The highest BCUT2D eigenvalue weighted by molar-refractivity contribution is 9.10. The molecule has 0 fully saturated rings. The minimum atomic E-state index is -2.01. The summed E-state index contributed by atoms with van der Waals surface area (Å²) >= 11 is 1.73. The Hall–Kier alpha value is -0.313. The van der Waals surface area contributed by atoms with Crippen molar-refractivity contribution in [2.45, 2.75) is 45.8 Å². The van der Waals surface area contributed by atoms with Gasteiger partial charge in [0.1, 0.15) is 28.5 Å². The third kappa shape index (κ3) is 4.61. The summed E-state index contributed by atoms with van der Waals surface area (Å²) in [5.41, 5.74) is -0.303. The van der Waals surface area contributed by atoms with Gasteiger partial charge in [0.2, 0.25) is 0 Å². The fourth-order valence-corrected chi connectivity index (χ4v) is 7.51. The molecule has 0 aliphatic rings. The van der Waals surface area contributed by atoms with Crippen LogP contribution in [0.4, 0.5) is 8.78 Å². The molecule has 0 aromatic carbocycles. The standard InChI is InChI=1S/C15H23BrF2N2OSSi/c1-5-22(21)20-11(10-17)15-14(18)12(9-13(16)19-15)23(6-2,7-3)8-4/h9H,5-8,10H2,1-4H3/b20-11+/t22-/m1/s1. The SMILES string of the molecule is CC[S@@+]([O-])/N=C(\CF)c1nc(Br)cc([Si](CC)(CC)CC)c1F. The maximum absolute atomic E-state index is 15.1. The van der Waals surface area contributed by atoms with Crippen LogP contribution in [0, 0.1) is 5.82 Å². The first-order valence-corrected chi connectivity index (χ1v) is 12.5. The Labute approximate surface area is 149 Å². The van der Waals surface area contributed by atoms with Crippen molar-refractivity contribution in [3.63, 3.8) is 0 Å². The summed E-state index contributed by atoms with van der Waals surface area (Å²) in [6.45, 7) is 6.90. The van der Waals surface area contributed by atoms with Crippen molar-refractivity contribution >= 4 is 46.3 Å². The number of alkyl halides is 1. The largest absolute Gasteiger partial charge is 0.591 e. The summed E-state index contributed by atoms with van der Waals surface area (Å²) in [5.74, 6) is -0.251. The molecular weight excluding hydrogens is 402 g/mol. The first-order chi connectivity index (χ1) is 10.9. The van der Waals surface area contributed by atoms with Crippen molar-refractivity contribution in [2.24, 2.45) is 4.40 Å². The maximum atomic E-state index is 15.1. The Kier molecular flexibility index (Phi) is 8.33. The molecule has 0 N–H and O–H groups in total. The summed E-state index contributed by atoms with van der Waals surface area (Å²) < 4.78 is 44.3. The van der Waals surface area contributed by atoms with Gasteiger partial charge in [-0.3, -0.25) is 0 Å². The lowest BCUT2D eigenvalue weighted by Crippen LogP contribution is -2.48. The zero-order valence-electron chi connectivity index (χ0n) is 14.0. The number of hydrogen-bond acceptors (Lipinski definition) is 3. The normalized spacial score (nSPS) is 14.2. The molecule has 0 bridgehead atoms. The van der Waals surface area contributed by atoms with E-state index in [0.717, 1.165) is 18.1 Å². The second kappa shape index (κ2) is 9.24. The van der Waals surface area contributed by atoms with Gasteiger partial charge in [0.05, 0.1) is 19.4 Å². The summed E-state index contributed by atoms with van der Waals surface area (Å²) in [7, 11) is -2.01. The molecule has 0 saturated carbocycles. The Morgan fingerprint density at radius 3 is 2.30 bits per heavy atom. The van der Waals surface area contributed by atoms with E-state index in [4.69, 9.17) is 0 Å². The van der Waals surface area contributed by atoms with Crippen LogP contribution in [0.1, 0.15) is 33.4 Å². The molecule has 1 aromatic rings. The molecule has 0 spiro atoms. The quantitative estimate of drug-likeness (QED) is 0.272. The maximum Gasteiger partial charge on any atom is 0.151 e. The van der Waals surface area contributed by atoms with E-state index in [1.807, 2.05) is 0 Å². The van der Waals surface area contributed by atoms with Gasteiger partial charge in [-0.25, -0.2) is 13.8 Å². The molecule has 23 heavy (non-hydrogen) atoms. The minimum Gasteiger partial charge on any atom is -0.591 e. The molecule has 0 saturated heterocycles. The van der Waals surface area contributed by atoms with Gasteiger partial charge in [0.25, 0.3) is 0 Å². The summed E-state index contributed by atoms with van der Waals surface area (Å²) in [6.07, 6.45) is 0. The van der Waals surface area contributed by atoms with Crippen LogP contribution in [0.2, 0.25) is 18.1 Å². The molecule has 1 rings (SSSR count). The molecule has 8 heteroatoms. The second-order valence-electron chi connectivity index (χ2n) is 5.28. The molecule has 0 radical (unpaired) electrons. The van der Waals surface area contributed by atoms with Gasteiger partial charge < -0.3 is 4.55 Å². The molecule has 1 atom stereocenters. The summed E-state index contributed by atoms with van der Waals surface area (Å²) in [6, 6.07) is 4.41. The van der Waals surface area contributed by atoms with Crippen LogP contribution < -0.4 is 5.19 Å². The average Bonchev–Trinajstić information content (AvgIpc) is 2.57. The number of halogens is 3. The summed E-state index contributed by atoms with van der Waals surface area (Å²) in [4.78, 5) is 4.07. The zero-order valence-corrected chi connectivity index (χ0v) is 17.4. The number of rotatable bonds is 8. The Bertz CT molecular complexity index is 562. The van der Waals surface area contributed by atoms with Gasteiger partial charge in [-0.15, -0.1) is 0 Å².